The van der Waals surface area contributed by atoms with Gasteiger partial charge in [-0.3, -0.25) is 0 Å². The van der Waals surface area contributed by atoms with Crippen molar-refractivity contribution in [3.05, 3.63) is 120 Å². The summed E-state index contributed by atoms with van der Waals surface area (Å²) in [6, 6.07) is 27.3. The molecule has 0 aliphatic carbocycles. The molecule has 6 heteroatoms. The van der Waals surface area contributed by atoms with Gasteiger partial charge in [0, 0.05) is 16.5 Å². The van der Waals surface area contributed by atoms with Crippen molar-refractivity contribution in [3.8, 4) is 33.0 Å². The summed E-state index contributed by atoms with van der Waals surface area (Å²) < 4.78 is 29.8. The summed E-state index contributed by atoms with van der Waals surface area (Å²) in [5, 5.41) is 2.09. The fourth-order valence-corrected chi connectivity index (χ4v) is 4.93. The molecular weight excluding hydrogens is 460 g/mol. The lowest BCUT2D eigenvalue weighted by molar-refractivity contribution is -0.687. The van der Waals surface area contributed by atoms with Gasteiger partial charge in [0.1, 0.15) is 16.9 Å². The minimum Gasteiger partial charge on any atom is -0.333 e. The van der Waals surface area contributed by atoms with Crippen LogP contribution in [0.1, 0.15) is 5.56 Å². The third-order valence-corrected chi connectivity index (χ3v) is 6.95. The molecule has 0 fully saturated rings. The van der Waals surface area contributed by atoms with Crippen molar-refractivity contribution in [1.29, 1.82) is 0 Å². The van der Waals surface area contributed by atoms with Crippen LogP contribution in [0, 0.1) is 11.6 Å². The number of nitrogens with zero attached hydrogens (tertiary/aromatic N) is 2. The number of aromatic amines is 1. The van der Waals surface area contributed by atoms with Gasteiger partial charge in [0.05, 0.1) is 5.56 Å². The van der Waals surface area contributed by atoms with Gasteiger partial charge in [-0.1, -0.05) is 60.7 Å². The summed E-state index contributed by atoms with van der Waals surface area (Å²) >= 11 is 1.74. The average molecular weight is 481 g/mol. The number of benzene rings is 3. The molecule has 3 nitrogen and oxygen atoms in total. The average Bonchev–Trinajstić information content (AvgIpc) is 3.57. The molecule has 0 unspecified atom stereocenters. The lowest BCUT2D eigenvalue weighted by Crippen LogP contribution is -2.33. The highest BCUT2D eigenvalue weighted by Gasteiger charge is 2.15. The molecule has 1 N–H and O–H groups in total. The number of halogens is 2. The molecule has 0 amide bonds. The molecule has 0 spiro atoms. The van der Waals surface area contributed by atoms with E-state index in [1.807, 2.05) is 23.0 Å². The highest BCUT2D eigenvalue weighted by atomic mass is 32.1. The monoisotopic (exact) mass is 480 g/mol. The summed E-state index contributed by atoms with van der Waals surface area (Å²) in [6.45, 7) is 0.677. The molecule has 0 saturated carbocycles. The minimum atomic E-state index is -0.902. The first kappa shape index (κ1) is 21.4. The van der Waals surface area contributed by atoms with Crippen LogP contribution in [0.4, 0.5) is 8.78 Å². The molecule has 6 aromatic rings. The predicted molar refractivity (Wildman–Crippen MR) is 136 cm³/mol. The Hall–Kier alpha value is -4.16. The van der Waals surface area contributed by atoms with Gasteiger partial charge in [-0.2, -0.15) is 4.57 Å². The maximum atomic E-state index is 14.2. The topological polar surface area (TPSA) is 32.6 Å². The van der Waals surface area contributed by atoms with Crippen molar-refractivity contribution in [3.63, 3.8) is 0 Å². The number of nitrogens with one attached hydrogen (secondary N) is 1. The maximum absolute atomic E-state index is 14.2. The van der Waals surface area contributed by atoms with E-state index in [-0.39, 0.29) is 5.56 Å². The van der Waals surface area contributed by atoms with E-state index in [0.717, 1.165) is 17.1 Å². The van der Waals surface area contributed by atoms with Crippen molar-refractivity contribution in [2.24, 2.45) is 0 Å². The number of imidazole rings is 1. The van der Waals surface area contributed by atoms with Crippen LogP contribution in [-0.4, -0.2) is 9.97 Å². The van der Waals surface area contributed by atoms with Crippen LogP contribution in [0.25, 0.3) is 44.0 Å². The van der Waals surface area contributed by atoms with Crippen LogP contribution < -0.4 is 4.57 Å². The van der Waals surface area contributed by atoms with Crippen LogP contribution in [-0.2, 0) is 6.54 Å². The Labute approximate surface area is 205 Å². The number of hydrogen-bond acceptors (Lipinski definition) is 2. The number of hydrogen-bond donors (Lipinski definition) is 1. The molecule has 0 bridgehead atoms. The van der Waals surface area contributed by atoms with Gasteiger partial charge in [0.15, 0.2) is 30.6 Å². The van der Waals surface area contributed by atoms with Gasteiger partial charge >= 0.3 is 0 Å². The summed E-state index contributed by atoms with van der Waals surface area (Å²) in [6.07, 6.45) is 3.87. The Balaban J connectivity index is 1.21. The Morgan fingerprint density at radius 3 is 2.29 bits per heavy atom. The van der Waals surface area contributed by atoms with E-state index in [4.69, 9.17) is 0 Å². The molecule has 0 radical (unpaired) electrons. The van der Waals surface area contributed by atoms with Crippen molar-refractivity contribution in [1.82, 2.24) is 9.97 Å². The van der Waals surface area contributed by atoms with Gasteiger partial charge < -0.3 is 4.98 Å². The molecule has 0 atom stereocenters. The fourth-order valence-electron chi connectivity index (χ4n) is 4.20. The summed E-state index contributed by atoms with van der Waals surface area (Å²) in [4.78, 5) is 8.81. The Kier molecular flexibility index (Phi) is 5.43. The van der Waals surface area contributed by atoms with Crippen molar-refractivity contribution < 1.29 is 13.3 Å². The maximum Gasteiger partial charge on any atom is 0.195 e. The van der Waals surface area contributed by atoms with Gasteiger partial charge in [-0.05, 0) is 40.3 Å². The van der Waals surface area contributed by atoms with E-state index >= 15 is 0 Å². The van der Waals surface area contributed by atoms with Gasteiger partial charge in [-0.25, -0.2) is 13.8 Å². The van der Waals surface area contributed by atoms with Crippen molar-refractivity contribution in [2.75, 3.05) is 0 Å². The number of H-pyrrole nitrogens is 1. The number of aromatic nitrogens is 3. The SMILES string of the molecule is Fc1cccc(-c2nc3cc[n+](Cc4ccc(-c5ccc(-c6cccs6)cc5)cc4)cc3[nH]2)c1F. The smallest absolute Gasteiger partial charge is 0.195 e. The number of pyridine rings is 1. The van der Waals surface area contributed by atoms with Crippen molar-refractivity contribution >= 4 is 22.4 Å². The van der Waals surface area contributed by atoms with Gasteiger partial charge in [0.25, 0.3) is 0 Å². The molecule has 3 aromatic heterocycles. The first-order valence-electron chi connectivity index (χ1n) is 11.2. The predicted octanol–water partition coefficient (Wildman–Crippen LogP) is 7.24. The molecule has 3 aromatic carbocycles. The third kappa shape index (κ3) is 4.24. The zero-order valence-electron chi connectivity index (χ0n) is 18.6. The third-order valence-electron chi connectivity index (χ3n) is 6.03. The summed E-state index contributed by atoms with van der Waals surface area (Å²) in [5.74, 6) is -1.48. The highest BCUT2D eigenvalue weighted by Crippen LogP contribution is 2.28. The molecule has 0 saturated heterocycles. The molecule has 3 heterocycles. The van der Waals surface area contributed by atoms with Crippen LogP contribution in [0.5, 0.6) is 0 Å². The Morgan fingerprint density at radius 1 is 0.800 bits per heavy atom. The second kappa shape index (κ2) is 8.89. The fraction of sp³-hybridized carbons (Fsp3) is 0.0345. The van der Waals surface area contributed by atoms with E-state index in [2.05, 4.69) is 76.0 Å². The van der Waals surface area contributed by atoms with Crippen LogP contribution >= 0.6 is 11.3 Å². The van der Waals surface area contributed by atoms with E-state index in [1.54, 1.807) is 11.3 Å². The van der Waals surface area contributed by atoms with Crippen LogP contribution in [0.2, 0.25) is 0 Å². The van der Waals surface area contributed by atoms with E-state index in [0.29, 0.717) is 17.9 Å². The molecule has 0 aliphatic heterocycles. The quantitative estimate of drug-likeness (QED) is 0.259. The molecule has 35 heavy (non-hydrogen) atoms. The summed E-state index contributed by atoms with van der Waals surface area (Å²) in [5.41, 5.74) is 6.31. The largest absolute Gasteiger partial charge is 0.333 e. The van der Waals surface area contributed by atoms with Crippen LogP contribution in [0.3, 0.4) is 0 Å². The number of thiophene rings is 1. The summed E-state index contributed by atoms with van der Waals surface area (Å²) in [7, 11) is 0. The molecular formula is C29H20F2N3S+. The van der Waals surface area contributed by atoms with E-state index in [1.165, 1.54) is 33.7 Å². The minimum absolute atomic E-state index is 0.117. The number of rotatable bonds is 5. The Morgan fingerprint density at radius 2 is 1.54 bits per heavy atom. The second-order valence-corrected chi connectivity index (χ2v) is 9.30. The van der Waals surface area contributed by atoms with Gasteiger partial charge in [-0.15, -0.1) is 11.3 Å². The first-order chi connectivity index (χ1) is 17.1. The first-order valence-corrected chi connectivity index (χ1v) is 12.1. The highest BCUT2D eigenvalue weighted by molar-refractivity contribution is 7.13. The second-order valence-electron chi connectivity index (χ2n) is 8.35. The van der Waals surface area contributed by atoms with Gasteiger partial charge in [0.2, 0.25) is 0 Å². The van der Waals surface area contributed by atoms with Crippen molar-refractivity contribution in [2.45, 2.75) is 6.54 Å². The standard InChI is InChI=1S/C29H19F2N3S/c30-24-4-1-3-23(28(24)31)29-32-25-14-15-34(18-26(25)33-29)17-19-6-8-20(9-7-19)21-10-12-22(13-11-21)27-5-2-16-35-27/h1-16,18H,17H2/p+1. The normalized spacial score (nSPS) is 11.3. The molecule has 170 valence electrons. The zero-order valence-corrected chi connectivity index (χ0v) is 19.4. The van der Waals surface area contributed by atoms with Crippen LogP contribution in [0.15, 0.2) is 103 Å². The molecule has 0 aliphatic rings. The zero-order chi connectivity index (χ0) is 23.8. The lowest BCUT2D eigenvalue weighted by atomic mass is 10.0. The Bertz CT molecular complexity index is 1620. The number of fused-ring (bicyclic) bond motifs is 1. The van der Waals surface area contributed by atoms with E-state index < -0.39 is 11.6 Å². The lowest BCUT2D eigenvalue weighted by Gasteiger charge is -2.05. The molecule has 6 rings (SSSR count). The van der Waals surface area contributed by atoms with E-state index in [9.17, 15) is 8.78 Å².